The lowest BCUT2D eigenvalue weighted by Gasteiger charge is -2.32. The highest BCUT2D eigenvalue weighted by Gasteiger charge is 2.27. The summed E-state index contributed by atoms with van der Waals surface area (Å²) >= 11 is 4.19. The lowest BCUT2D eigenvalue weighted by molar-refractivity contribution is 0.282. The van der Waals surface area contributed by atoms with Gasteiger partial charge >= 0.3 is 0 Å². The van der Waals surface area contributed by atoms with Gasteiger partial charge in [0.15, 0.2) is 0 Å². The fourth-order valence-corrected chi connectivity index (χ4v) is 4.41. The second kappa shape index (κ2) is 5.40. The standard InChI is InChI=1S/C9H18OS2/c1-9(5-2-3-6-10)11-7-4-8-12-9/h10H,2-8H2,1H3. The van der Waals surface area contributed by atoms with Gasteiger partial charge in [-0.15, -0.1) is 23.5 Å². The van der Waals surface area contributed by atoms with Gasteiger partial charge in [-0.25, -0.2) is 0 Å². The molecule has 0 spiro atoms. The molecule has 1 aliphatic rings. The molecule has 1 fully saturated rings. The monoisotopic (exact) mass is 206 g/mol. The quantitative estimate of drug-likeness (QED) is 0.714. The maximum atomic E-state index is 8.67. The molecule has 0 amide bonds. The van der Waals surface area contributed by atoms with Gasteiger partial charge in [-0.3, -0.25) is 0 Å². The molecule has 1 rings (SSSR count). The Hall–Kier alpha value is 0.660. The fraction of sp³-hybridized carbons (Fsp3) is 1.00. The molecule has 0 aromatic heterocycles. The molecule has 0 aliphatic carbocycles. The van der Waals surface area contributed by atoms with E-state index in [2.05, 4.69) is 30.4 Å². The third-order valence-electron chi connectivity index (χ3n) is 2.14. The van der Waals surface area contributed by atoms with Crippen molar-refractivity contribution in [3.05, 3.63) is 0 Å². The summed E-state index contributed by atoms with van der Waals surface area (Å²) in [5, 5.41) is 8.67. The minimum atomic E-state index is 0.353. The van der Waals surface area contributed by atoms with Gasteiger partial charge in [0, 0.05) is 6.61 Å². The molecule has 1 nitrogen and oxygen atoms in total. The predicted molar refractivity (Wildman–Crippen MR) is 58.9 cm³/mol. The Morgan fingerprint density at radius 2 is 1.92 bits per heavy atom. The lowest BCUT2D eigenvalue weighted by atomic mass is 10.2. The number of aliphatic hydroxyl groups is 1. The van der Waals surface area contributed by atoms with Crippen molar-refractivity contribution in [1.29, 1.82) is 0 Å². The van der Waals surface area contributed by atoms with Gasteiger partial charge in [-0.2, -0.15) is 0 Å². The average Bonchev–Trinajstić information content (AvgIpc) is 2.06. The van der Waals surface area contributed by atoms with E-state index in [1.807, 2.05) is 0 Å². The van der Waals surface area contributed by atoms with Crippen LogP contribution in [0.25, 0.3) is 0 Å². The zero-order valence-corrected chi connectivity index (χ0v) is 9.35. The van der Waals surface area contributed by atoms with Gasteiger partial charge in [0.1, 0.15) is 0 Å². The van der Waals surface area contributed by atoms with Gasteiger partial charge < -0.3 is 5.11 Å². The Bertz CT molecular complexity index is 122. The molecule has 0 saturated carbocycles. The molecule has 0 radical (unpaired) electrons. The third kappa shape index (κ3) is 3.58. The average molecular weight is 206 g/mol. The Morgan fingerprint density at radius 1 is 1.25 bits per heavy atom. The van der Waals surface area contributed by atoms with Gasteiger partial charge in [-0.05, 0) is 44.1 Å². The molecule has 0 aromatic rings. The smallest absolute Gasteiger partial charge is 0.0583 e. The van der Waals surface area contributed by atoms with Crippen molar-refractivity contribution in [2.24, 2.45) is 0 Å². The van der Waals surface area contributed by atoms with Crippen molar-refractivity contribution in [3.63, 3.8) is 0 Å². The van der Waals surface area contributed by atoms with Crippen LogP contribution < -0.4 is 0 Å². The van der Waals surface area contributed by atoms with E-state index in [1.54, 1.807) is 0 Å². The first-order valence-electron chi connectivity index (χ1n) is 4.66. The minimum absolute atomic E-state index is 0.353. The van der Waals surface area contributed by atoms with E-state index < -0.39 is 0 Å². The van der Waals surface area contributed by atoms with Gasteiger partial charge in [0.05, 0.1) is 4.08 Å². The summed E-state index contributed by atoms with van der Waals surface area (Å²) in [6.07, 6.45) is 4.76. The van der Waals surface area contributed by atoms with Crippen molar-refractivity contribution in [1.82, 2.24) is 0 Å². The highest BCUT2D eigenvalue weighted by molar-refractivity contribution is 8.18. The Balaban J connectivity index is 2.17. The molecule has 1 heterocycles. The second-order valence-electron chi connectivity index (χ2n) is 3.37. The van der Waals surface area contributed by atoms with Crippen LogP contribution in [0.1, 0.15) is 32.6 Å². The van der Waals surface area contributed by atoms with Crippen LogP contribution in [0.4, 0.5) is 0 Å². The van der Waals surface area contributed by atoms with E-state index in [9.17, 15) is 0 Å². The van der Waals surface area contributed by atoms with Crippen LogP contribution in [0.5, 0.6) is 0 Å². The first-order chi connectivity index (χ1) is 5.77. The van der Waals surface area contributed by atoms with Gasteiger partial charge in [0.25, 0.3) is 0 Å². The summed E-state index contributed by atoms with van der Waals surface area (Å²) < 4.78 is 0.452. The number of rotatable bonds is 4. The van der Waals surface area contributed by atoms with Crippen LogP contribution in [-0.4, -0.2) is 27.3 Å². The highest BCUT2D eigenvalue weighted by Crippen LogP contribution is 2.45. The SMILES string of the molecule is CC1(CCCCO)SCCCS1. The van der Waals surface area contributed by atoms with Gasteiger partial charge in [0.2, 0.25) is 0 Å². The molecule has 72 valence electrons. The fourth-order valence-electron chi connectivity index (χ4n) is 1.38. The van der Waals surface area contributed by atoms with Crippen LogP contribution >= 0.6 is 23.5 Å². The summed E-state index contributed by atoms with van der Waals surface area (Å²) in [5.41, 5.74) is 0. The van der Waals surface area contributed by atoms with E-state index in [-0.39, 0.29) is 0 Å². The topological polar surface area (TPSA) is 20.2 Å². The molecule has 12 heavy (non-hydrogen) atoms. The van der Waals surface area contributed by atoms with Crippen LogP contribution in [0, 0.1) is 0 Å². The van der Waals surface area contributed by atoms with Crippen molar-refractivity contribution in [3.8, 4) is 0 Å². The highest BCUT2D eigenvalue weighted by atomic mass is 32.2. The number of aliphatic hydroxyl groups excluding tert-OH is 1. The summed E-state index contributed by atoms with van der Waals surface area (Å²) in [7, 11) is 0. The van der Waals surface area contributed by atoms with Crippen LogP contribution in [0.2, 0.25) is 0 Å². The number of thioether (sulfide) groups is 2. The van der Waals surface area contributed by atoms with Crippen molar-refractivity contribution < 1.29 is 5.11 Å². The van der Waals surface area contributed by atoms with Crippen molar-refractivity contribution in [2.75, 3.05) is 18.1 Å². The largest absolute Gasteiger partial charge is 0.396 e. The zero-order valence-electron chi connectivity index (χ0n) is 7.71. The van der Waals surface area contributed by atoms with E-state index in [1.165, 1.54) is 30.8 Å². The zero-order chi connectivity index (χ0) is 8.86. The number of hydrogen-bond donors (Lipinski definition) is 1. The molecular weight excluding hydrogens is 188 g/mol. The molecule has 1 N–H and O–H groups in total. The molecule has 3 heteroatoms. The minimum Gasteiger partial charge on any atom is -0.396 e. The first kappa shape index (κ1) is 10.7. The molecule has 1 saturated heterocycles. The molecule has 0 bridgehead atoms. The maximum Gasteiger partial charge on any atom is 0.0583 e. The summed E-state index contributed by atoms with van der Waals surface area (Å²) in [6.45, 7) is 2.70. The number of hydrogen-bond acceptors (Lipinski definition) is 3. The van der Waals surface area contributed by atoms with E-state index in [0.717, 1.165) is 6.42 Å². The van der Waals surface area contributed by atoms with E-state index in [0.29, 0.717) is 10.7 Å². The van der Waals surface area contributed by atoms with E-state index >= 15 is 0 Å². The molecular formula is C9H18OS2. The Morgan fingerprint density at radius 3 is 2.50 bits per heavy atom. The van der Waals surface area contributed by atoms with E-state index in [4.69, 9.17) is 5.11 Å². The normalized spacial score (nSPS) is 22.5. The maximum absolute atomic E-state index is 8.67. The molecule has 0 aromatic carbocycles. The number of unbranched alkanes of at least 4 members (excludes halogenated alkanes) is 1. The van der Waals surface area contributed by atoms with Gasteiger partial charge in [-0.1, -0.05) is 0 Å². The van der Waals surface area contributed by atoms with Crippen LogP contribution in [-0.2, 0) is 0 Å². The molecule has 0 atom stereocenters. The molecule has 0 unspecified atom stereocenters. The lowest BCUT2D eigenvalue weighted by Crippen LogP contribution is -2.20. The molecule has 1 aliphatic heterocycles. The van der Waals surface area contributed by atoms with Crippen LogP contribution in [0.15, 0.2) is 0 Å². The van der Waals surface area contributed by atoms with Crippen molar-refractivity contribution >= 4 is 23.5 Å². The van der Waals surface area contributed by atoms with Crippen molar-refractivity contribution in [2.45, 2.75) is 36.7 Å². The second-order valence-corrected chi connectivity index (χ2v) is 6.82. The Labute approximate surface area is 83.7 Å². The summed E-state index contributed by atoms with van der Waals surface area (Å²) in [5.74, 6) is 2.64. The predicted octanol–water partition coefficient (Wildman–Crippen LogP) is 2.74. The Kier molecular flexibility index (Phi) is 4.84. The summed E-state index contributed by atoms with van der Waals surface area (Å²) in [4.78, 5) is 0. The third-order valence-corrected chi connectivity index (χ3v) is 5.46. The summed E-state index contributed by atoms with van der Waals surface area (Å²) in [6, 6.07) is 0. The first-order valence-corrected chi connectivity index (χ1v) is 6.63. The van der Waals surface area contributed by atoms with Crippen LogP contribution in [0.3, 0.4) is 0 Å².